The molecule has 3 N–H and O–H groups in total. The van der Waals surface area contributed by atoms with Crippen LogP contribution in [-0.4, -0.2) is 25.9 Å². The Morgan fingerprint density at radius 1 is 1.25 bits per heavy atom. The van der Waals surface area contributed by atoms with E-state index in [4.69, 9.17) is 0 Å². The predicted molar refractivity (Wildman–Crippen MR) is 91.1 cm³/mol. The first-order valence-corrected chi connectivity index (χ1v) is 7.40. The number of hydrogen-bond acceptors (Lipinski definition) is 4. The molecule has 0 radical (unpaired) electrons. The van der Waals surface area contributed by atoms with E-state index in [0.29, 0.717) is 17.9 Å². The Kier molecular flexibility index (Phi) is 4.42. The number of carbonyl (C=O) groups excluding carboxylic acids is 1. The molecule has 0 atom stereocenters. The number of aromatic hydroxyl groups is 1. The maximum atomic E-state index is 12.1. The number of aromatic nitrogens is 3. The zero-order chi connectivity index (χ0) is 16.9. The summed E-state index contributed by atoms with van der Waals surface area (Å²) in [6.07, 6.45) is 5.04. The number of rotatable bonds is 4. The van der Waals surface area contributed by atoms with Crippen LogP contribution in [0, 0.1) is 6.92 Å². The second kappa shape index (κ2) is 6.82. The molecule has 0 aliphatic rings. The van der Waals surface area contributed by atoms with Gasteiger partial charge in [-0.05, 0) is 42.8 Å². The van der Waals surface area contributed by atoms with Crippen LogP contribution in [0.4, 0.5) is 16.2 Å². The number of hydrogen-bond donors (Lipinski definition) is 3. The number of carbonyl (C=O) groups is 1. The maximum absolute atomic E-state index is 12.1. The van der Waals surface area contributed by atoms with Crippen LogP contribution in [0.25, 0.3) is 0 Å². The summed E-state index contributed by atoms with van der Waals surface area (Å²) in [4.78, 5) is 16.3. The van der Waals surface area contributed by atoms with E-state index >= 15 is 0 Å². The topological polar surface area (TPSA) is 92.1 Å². The Bertz CT molecular complexity index is 845. The molecule has 7 heteroatoms. The number of pyridine rings is 1. The fourth-order valence-electron chi connectivity index (χ4n) is 2.24. The molecule has 0 fully saturated rings. The smallest absolute Gasteiger partial charge is 0.323 e. The third-order valence-corrected chi connectivity index (χ3v) is 3.40. The van der Waals surface area contributed by atoms with Gasteiger partial charge in [0.15, 0.2) is 0 Å². The minimum absolute atomic E-state index is 0.161. The molecule has 7 nitrogen and oxygen atoms in total. The van der Waals surface area contributed by atoms with Crippen molar-refractivity contribution in [3.63, 3.8) is 0 Å². The summed E-state index contributed by atoms with van der Waals surface area (Å²) in [5, 5.41) is 19.0. The van der Waals surface area contributed by atoms with Gasteiger partial charge in [0.25, 0.3) is 0 Å². The van der Waals surface area contributed by atoms with Crippen LogP contribution in [0.2, 0.25) is 0 Å². The Hall–Kier alpha value is -3.35. The second-order valence-corrected chi connectivity index (χ2v) is 5.33. The standard InChI is InChI=1S/C17H17N5O2/c1-12-8-15(23)5-6-16(12)21-17(24)20-14-9-19-22(11-14)10-13-4-2-3-7-18-13/h2-9,11,23H,10H2,1H3,(H2,20,21,24). The zero-order valence-electron chi connectivity index (χ0n) is 13.1. The van der Waals surface area contributed by atoms with Crippen molar-refractivity contribution >= 4 is 17.4 Å². The summed E-state index contributed by atoms with van der Waals surface area (Å²) in [5.41, 5.74) is 2.87. The quantitative estimate of drug-likeness (QED) is 0.644. The van der Waals surface area contributed by atoms with E-state index in [9.17, 15) is 9.90 Å². The molecule has 24 heavy (non-hydrogen) atoms. The van der Waals surface area contributed by atoms with Gasteiger partial charge in [-0.25, -0.2) is 4.79 Å². The highest BCUT2D eigenvalue weighted by Gasteiger charge is 2.07. The summed E-state index contributed by atoms with van der Waals surface area (Å²) in [7, 11) is 0. The molecule has 0 bridgehead atoms. The van der Waals surface area contributed by atoms with Gasteiger partial charge in [0.1, 0.15) is 5.75 Å². The summed E-state index contributed by atoms with van der Waals surface area (Å²) >= 11 is 0. The van der Waals surface area contributed by atoms with E-state index in [1.165, 1.54) is 6.07 Å². The fourth-order valence-corrected chi connectivity index (χ4v) is 2.24. The molecule has 2 aromatic heterocycles. The Labute approximate surface area is 139 Å². The minimum Gasteiger partial charge on any atom is -0.508 e. The van der Waals surface area contributed by atoms with Gasteiger partial charge in [0.05, 0.1) is 24.1 Å². The summed E-state index contributed by atoms with van der Waals surface area (Å²) in [5.74, 6) is 0.161. The zero-order valence-corrected chi connectivity index (χ0v) is 13.1. The van der Waals surface area contributed by atoms with Crippen molar-refractivity contribution in [2.24, 2.45) is 0 Å². The van der Waals surface area contributed by atoms with E-state index < -0.39 is 0 Å². The van der Waals surface area contributed by atoms with Crippen LogP contribution in [0.3, 0.4) is 0 Å². The number of aryl methyl sites for hydroxylation is 1. The van der Waals surface area contributed by atoms with Gasteiger partial charge in [-0.15, -0.1) is 0 Å². The third-order valence-electron chi connectivity index (χ3n) is 3.40. The Balaban J connectivity index is 1.61. The summed E-state index contributed by atoms with van der Waals surface area (Å²) in [6, 6.07) is 10.1. The summed E-state index contributed by atoms with van der Waals surface area (Å²) in [6.45, 7) is 2.33. The van der Waals surface area contributed by atoms with Crippen LogP contribution in [0.15, 0.2) is 55.0 Å². The molecular weight excluding hydrogens is 306 g/mol. The van der Waals surface area contributed by atoms with E-state index in [-0.39, 0.29) is 11.8 Å². The highest BCUT2D eigenvalue weighted by Crippen LogP contribution is 2.20. The molecule has 2 amide bonds. The molecular formula is C17H17N5O2. The molecule has 122 valence electrons. The number of anilines is 2. The van der Waals surface area contributed by atoms with Crippen LogP contribution >= 0.6 is 0 Å². The molecule has 1 aromatic carbocycles. The van der Waals surface area contributed by atoms with Crippen LogP contribution in [-0.2, 0) is 6.54 Å². The van der Waals surface area contributed by atoms with E-state index in [2.05, 4.69) is 20.7 Å². The molecule has 2 heterocycles. The normalized spacial score (nSPS) is 10.4. The van der Waals surface area contributed by atoms with Gasteiger partial charge in [0.2, 0.25) is 0 Å². The first kappa shape index (κ1) is 15.5. The van der Waals surface area contributed by atoms with Crippen molar-refractivity contribution in [3.8, 4) is 5.75 Å². The van der Waals surface area contributed by atoms with Gasteiger partial charge >= 0.3 is 6.03 Å². The van der Waals surface area contributed by atoms with Crippen molar-refractivity contribution < 1.29 is 9.90 Å². The van der Waals surface area contributed by atoms with Crippen molar-refractivity contribution in [2.75, 3.05) is 10.6 Å². The fraction of sp³-hybridized carbons (Fsp3) is 0.118. The molecule has 3 aromatic rings. The average Bonchev–Trinajstić information content (AvgIpc) is 2.98. The SMILES string of the molecule is Cc1cc(O)ccc1NC(=O)Nc1cnn(Cc2ccccn2)c1. The van der Waals surface area contributed by atoms with E-state index in [1.807, 2.05) is 18.2 Å². The number of amides is 2. The number of urea groups is 1. The third kappa shape index (κ3) is 3.89. The molecule has 0 spiro atoms. The van der Waals surface area contributed by atoms with Crippen LogP contribution in [0.5, 0.6) is 5.75 Å². The van der Waals surface area contributed by atoms with Crippen molar-refractivity contribution in [3.05, 3.63) is 66.2 Å². The number of nitrogens with zero attached hydrogens (tertiary/aromatic N) is 3. The molecule has 0 saturated heterocycles. The predicted octanol–water partition coefficient (Wildman–Crippen LogP) is 2.98. The van der Waals surface area contributed by atoms with Gasteiger partial charge in [-0.1, -0.05) is 6.07 Å². The second-order valence-electron chi connectivity index (χ2n) is 5.33. The molecule has 0 unspecified atom stereocenters. The van der Waals surface area contributed by atoms with Crippen LogP contribution in [0.1, 0.15) is 11.3 Å². The number of phenolic OH excluding ortho intramolecular Hbond substituents is 1. The lowest BCUT2D eigenvalue weighted by Crippen LogP contribution is -2.19. The molecule has 0 aliphatic carbocycles. The number of benzene rings is 1. The van der Waals surface area contributed by atoms with Crippen LogP contribution < -0.4 is 10.6 Å². The highest BCUT2D eigenvalue weighted by molar-refractivity contribution is 6.00. The highest BCUT2D eigenvalue weighted by atomic mass is 16.3. The van der Waals surface area contributed by atoms with Crippen molar-refractivity contribution in [2.45, 2.75) is 13.5 Å². The van der Waals surface area contributed by atoms with Gasteiger partial charge in [0, 0.05) is 18.1 Å². The number of nitrogens with one attached hydrogen (secondary N) is 2. The largest absolute Gasteiger partial charge is 0.508 e. The average molecular weight is 323 g/mol. The number of phenols is 1. The monoisotopic (exact) mass is 323 g/mol. The lowest BCUT2D eigenvalue weighted by Gasteiger charge is -2.09. The Morgan fingerprint density at radius 3 is 2.88 bits per heavy atom. The first-order valence-electron chi connectivity index (χ1n) is 7.40. The lowest BCUT2D eigenvalue weighted by atomic mass is 10.2. The molecule has 3 rings (SSSR count). The van der Waals surface area contributed by atoms with Crippen molar-refractivity contribution in [1.29, 1.82) is 0 Å². The van der Waals surface area contributed by atoms with Gasteiger partial charge < -0.3 is 15.7 Å². The van der Waals surface area contributed by atoms with Crippen molar-refractivity contribution in [1.82, 2.24) is 14.8 Å². The summed E-state index contributed by atoms with van der Waals surface area (Å²) < 4.78 is 1.70. The minimum atomic E-state index is -0.374. The maximum Gasteiger partial charge on any atom is 0.323 e. The molecule has 0 saturated carbocycles. The van der Waals surface area contributed by atoms with Gasteiger partial charge in [-0.2, -0.15) is 5.10 Å². The molecule has 0 aliphatic heterocycles. The lowest BCUT2D eigenvalue weighted by molar-refractivity contribution is 0.262. The van der Waals surface area contributed by atoms with Gasteiger partial charge in [-0.3, -0.25) is 9.67 Å². The van der Waals surface area contributed by atoms with E-state index in [1.54, 1.807) is 42.3 Å². The Morgan fingerprint density at radius 2 is 2.12 bits per heavy atom. The van der Waals surface area contributed by atoms with E-state index in [0.717, 1.165) is 11.3 Å². The first-order chi connectivity index (χ1) is 11.6.